The lowest BCUT2D eigenvalue weighted by molar-refractivity contribution is 0.556. The highest BCUT2D eigenvalue weighted by Crippen LogP contribution is 2.31. The van der Waals surface area contributed by atoms with E-state index in [0.29, 0.717) is 12.0 Å². The Morgan fingerprint density at radius 2 is 1.88 bits per heavy atom. The van der Waals surface area contributed by atoms with Gasteiger partial charge in [-0.1, -0.05) is 36.5 Å². The van der Waals surface area contributed by atoms with Gasteiger partial charge in [-0.15, -0.1) is 0 Å². The summed E-state index contributed by atoms with van der Waals surface area (Å²) >= 11 is 11.5. The number of rotatable bonds is 2. The van der Waals surface area contributed by atoms with Crippen LogP contribution in [0.5, 0.6) is 0 Å². The molecule has 1 saturated carbocycles. The highest BCUT2D eigenvalue weighted by atomic mass is 35.5. The highest BCUT2D eigenvalue weighted by Gasteiger charge is 2.23. The highest BCUT2D eigenvalue weighted by molar-refractivity contribution is 6.35. The number of anilines is 1. The van der Waals surface area contributed by atoms with Crippen molar-refractivity contribution in [3.63, 3.8) is 0 Å². The fraction of sp³-hybridized carbons (Fsp3) is 0.500. The average Bonchev–Trinajstić information content (AvgIpc) is 2.61. The van der Waals surface area contributed by atoms with Crippen LogP contribution in [-0.4, -0.2) is 6.04 Å². The molecule has 1 aromatic rings. The molecular formula is C12H14Cl2FN. The molecule has 0 aromatic heterocycles. The Morgan fingerprint density at radius 3 is 2.38 bits per heavy atom. The summed E-state index contributed by atoms with van der Waals surface area (Å²) in [4.78, 5) is 0. The first-order chi connectivity index (χ1) is 7.58. The van der Waals surface area contributed by atoms with Crippen LogP contribution in [0.2, 0.25) is 10.0 Å². The van der Waals surface area contributed by atoms with Crippen LogP contribution in [0.3, 0.4) is 0 Å². The van der Waals surface area contributed by atoms with Crippen LogP contribution in [0.1, 0.15) is 26.2 Å². The van der Waals surface area contributed by atoms with E-state index in [2.05, 4.69) is 12.2 Å². The predicted octanol–water partition coefficient (Wildman–Crippen LogP) is 4.73. The van der Waals surface area contributed by atoms with Gasteiger partial charge in [-0.25, -0.2) is 4.39 Å². The maximum atomic E-state index is 13.2. The number of halogens is 3. The van der Waals surface area contributed by atoms with E-state index >= 15 is 0 Å². The van der Waals surface area contributed by atoms with Crippen molar-refractivity contribution in [3.05, 3.63) is 28.0 Å². The molecule has 0 spiro atoms. The third-order valence-electron chi connectivity index (χ3n) is 3.20. The fourth-order valence-electron chi connectivity index (χ4n) is 2.21. The van der Waals surface area contributed by atoms with Crippen molar-refractivity contribution in [2.24, 2.45) is 5.92 Å². The van der Waals surface area contributed by atoms with Crippen LogP contribution in [0.15, 0.2) is 12.1 Å². The SMILES string of the molecule is CC1CCCC1Nc1cc(Cl)c(F)c(Cl)c1. The third-order valence-corrected chi connectivity index (χ3v) is 3.75. The summed E-state index contributed by atoms with van der Waals surface area (Å²) in [6, 6.07) is 3.62. The van der Waals surface area contributed by atoms with E-state index in [1.54, 1.807) is 12.1 Å². The number of nitrogens with one attached hydrogen (secondary N) is 1. The second-order valence-corrected chi connectivity index (χ2v) is 5.23. The second-order valence-electron chi connectivity index (χ2n) is 4.41. The van der Waals surface area contributed by atoms with Crippen LogP contribution >= 0.6 is 23.2 Å². The molecule has 2 rings (SSSR count). The van der Waals surface area contributed by atoms with E-state index in [1.165, 1.54) is 12.8 Å². The van der Waals surface area contributed by atoms with Gasteiger partial charge in [0.2, 0.25) is 0 Å². The fourth-order valence-corrected chi connectivity index (χ4v) is 2.70. The Kier molecular flexibility index (Phi) is 3.60. The van der Waals surface area contributed by atoms with E-state index in [9.17, 15) is 4.39 Å². The molecule has 1 nitrogen and oxygen atoms in total. The topological polar surface area (TPSA) is 12.0 Å². The first kappa shape index (κ1) is 12.0. The van der Waals surface area contributed by atoms with Crippen molar-refractivity contribution in [1.82, 2.24) is 0 Å². The molecule has 2 atom stereocenters. The Morgan fingerprint density at radius 1 is 1.25 bits per heavy atom. The lowest BCUT2D eigenvalue weighted by atomic mass is 10.1. The van der Waals surface area contributed by atoms with Gasteiger partial charge in [-0.2, -0.15) is 0 Å². The van der Waals surface area contributed by atoms with Crippen molar-refractivity contribution in [1.29, 1.82) is 0 Å². The zero-order valence-corrected chi connectivity index (χ0v) is 10.6. The molecule has 4 heteroatoms. The smallest absolute Gasteiger partial charge is 0.160 e. The number of hydrogen-bond donors (Lipinski definition) is 1. The maximum absolute atomic E-state index is 13.2. The van der Waals surface area contributed by atoms with Gasteiger partial charge in [0.25, 0.3) is 0 Å². The molecule has 1 N–H and O–H groups in total. The Balaban J connectivity index is 2.15. The van der Waals surface area contributed by atoms with Gasteiger partial charge in [0.15, 0.2) is 5.82 Å². The standard InChI is InChI=1S/C12H14Cl2FN/c1-7-3-2-4-11(7)16-8-5-9(13)12(15)10(14)6-8/h5-7,11,16H,2-4H2,1H3. The van der Waals surface area contributed by atoms with Crippen LogP contribution in [0.4, 0.5) is 10.1 Å². The normalized spacial score (nSPS) is 24.8. The Labute approximate surface area is 105 Å². The summed E-state index contributed by atoms with van der Waals surface area (Å²) in [5, 5.41) is 3.50. The zero-order valence-electron chi connectivity index (χ0n) is 9.06. The van der Waals surface area contributed by atoms with Crippen LogP contribution in [0.25, 0.3) is 0 Å². The molecule has 1 aliphatic rings. The number of hydrogen-bond acceptors (Lipinski definition) is 1. The monoisotopic (exact) mass is 261 g/mol. The van der Waals surface area contributed by atoms with Crippen LogP contribution in [0, 0.1) is 11.7 Å². The van der Waals surface area contributed by atoms with Crippen LogP contribution < -0.4 is 5.32 Å². The summed E-state index contributed by atoms with van der Waals surface area (Å²) < 4.78 is 13.2. The lowest BCUT2D eigenvalue weighted by Crippen LogP contribution is -2.21. The van der Waals surface area contributed by atoms with E-state index in [0.717, 1.165) is 12.1 Å². The molecular weight excluding hydrogens is 248 g/mol. The van der Waals surface area contributed by atoms with Crippen molar-refractivity contribution >= 4 is 28.9 Å². The second kappa shape index (κ2) is 4.80. The van der Waals surface area contributed by atoms with E-state index in [-0.39, 0.29) is 10.0 Å². The summed E-state index contributed by atoms with van der Waals surface area (Å²) in [5.41, 5.74) is 0.801. The molecule has 16 heavy (non-hydrogen) atoms. The van der Waals surface area contributed by atoms with Crippen LogP contribution in [-0.2, 0) is 0 Å². The molecule has 0 bridgehead atoms. The molecule has 0 saturated heterocycles. The minimum absolute atomic E-state index is 0.0700. The summed E-state index contributed by atoms with van der Waals surface area (Å²) in [6.45, 7) is 2.22. The first-order valence-electron chi connectivity index (χ1n) is 5.49. The molecule has 1 aliphatic carbocycles. The molecule has 0 amide bonds. The van der Waals surface area contributed by atoms with Gasteiger partial charge in [-0.05, 0) is 30.9 Å². The third kappa shape index (κ3) is 2.44. The van der Waals surface area contributed by atoms with Crippen molar-refractivity contribution in [2.45, 2.75) is 32.2 Å². The van der Waals surface area contributed by atoms with Gasteiger partial charge in [-0.3, -0.25) is 0 Å². The van der Waals surface area contributed by atoms with Gasteiger partial charge < -0.3 is 5.32 Å². The van der Waals surface area contributed by atoms with Crippen molar-refractivity contribution in [3.8, 4) is 0 Å². The number of benzene rings is 1. The summed E-state index contributed by atoms with van der Waals surface area (Å²) in [5.74, 6) is 0.0935. The lowest BCUT2D eigenvalue weighted by Gasteiger charge is -2.19. The Hall–Kier alpha value is -0.470. The molecule has 88 valence electrons. The van der Waals surface area contributed by atoms with E-state index in [1.807, 2.05) is 0 Å². The van der Waals surface area contributed by atoms with Crippen molar-refractivity contribution < 1.29 is 4.39 Å². The molecule has 0 heterocycles. The zero-order chi connectivity index (χ0) is 11.7. The van der Waals surface area contributed by atoms with E-state index < -0.39 is 5.82 Å². The average molecular weight is 262 g/mol. The summed E-state index contributed by atoms with van der Waals surface area (Å²) in [7, 11) is 0. The minimum Gasteiger partial charge on any atom is -0.382 e. The minimum atomic E-state index is -0.548. The molecule has 0 radical (unpaired) electrons. The molecule has 1 aromatic carbocycles. The van der Waals surface area contributed by atoms with Gasteiger partial charge >= 0.3 is 0 Å². The van der Waals surface area contributed by atoms with Gasteiger partial charge in [0, 0.05) is 11.7 Å². The molecule has 0 aliphatic heterocycles. The summed E-state index contributed by atoms with van der Waals surface area (Å²) in [6.07, 6.45) is 3.62. The largest absolute Gasteiger partial charge is 0.382 e. The maximum Gasteiger partial charge on any atom is 0.160 e. The van der Waals surface area contributed by atoms with Gasteiger partial charge in [0.1, 0.15) is 0 Å². The van der Waals surface area contributed by atoms with Crippen molar-refractivity contribution in [2.75, 3.05) is 5.32 Å². The predicted molar refractivity (Wildman–Crippen MR) is 66.8 cm³/mol. The molecule has 2 unspecified atom stereocenters. The van der Waals surface area contributed by atoms with Gasteiger partial charge in [0.05, 0.1) is 10.0 Å². The molecule has 1 fully saturated rings. The quantitative estimate of drug-likeness (QED) is 0.759. The van der Waals surface area contributed by atoms with E-state index in [4.69, 9.17) is 23.2 Å². The Bertz CT molecular complexity index is 372. The first-order valence-corrected chi connectivity index (χ1v) is 6.24.